The minimum Gasteiger partial charge on any atom is -0.497 e. The third-order valence-electron chi connectivity index (χ3n) is 3.12. The van der Waals surface area contributed by atoms with Gasteiger partial charge in [-0.25, -0.2) is 9.97 Å². The first-order chi connectivity index (χ1) is 10.3. The summed E-state index contributed by atoms with van der Waals surface area (Å²) in [5, 5.41) is 2.08. The molecule has 3 aromatic rings. The SMILES string of the molecule is COc1ccc(Br)c(CSc2ncnc3ccccc23)c1. The van der Waals surface area contributed by atoms with Crippen molar-refractivity contribution >= 4 is 38.6 Å². The van der Waals surface area contributed by atoms with Gasteiger partial charge in [-0.05, 0) is 29.8 Å². The molecule has 0 atom stereocenters. The zero-order valence-corrected chi connectivity index (χ0v) is 13.8. The molecule has 3 rings (SSSR count). The number of nitrogens with zero attached hydrogens (tertiary/aromatic N) is 2. The molecule has 21 heavy (non-hydrogen) atoms. The Balaban J connectivity index is 1.87. The minimum atomic E-state index is 0.818. The number of hydrogen-bond acceptors (Lipinski definition) is 4. The number of methoxy groups -OCH3 is 1. The minimum absolute atomic E-state index is 0.818. The van der Waals surface area contributed by atoms with Crippen LogP contribution in [0.1, 0.15) is 5.56 Å². The van der Waals surface area contributed by atoms with E-state index in [9.17, 15) is 0 Å². The summed E-state index contributed by atoms with van der Waals surface area (Å²) in [6.45, 7) is 0. The van der Waals surface area contributed by atoms with Crippen LogP contribution < -0.4 is 4.74 Å². The van der Waals surface area contributed by atoms with Gasteiger partial charge in [0, 0.05) is 15.6 Å². The fourth-order valence-corrected chi connectivity index (χ4v) is 3.58. The fraction of sp³-hybridized carbons (Fsp3) is 0.125. The molecule has 0 unspecified atom stereocenters. The van der Waals surface area contributed by atoms with E-state index >= 15 is 0 Å². The normalized spacial score (nSPS) is 10.8. The number of ether oxygens (including phenoxy) is 1. The molecule has 106 valence electrons. The van der Waals surface area contributed by atoms with E-state index in [1.807, 2.05) is 36.4 Å². The summed E-state index contributed by atoms with van der Waals surface area (Å²) in [5.74, 6) is 1.68. The summed E-state index contributed by atoms with van der Waals surface area (Å²) in [4.78, 5) is 8.69. The molecular weight excluding hydrogens is 348 g/mol. The Hall–Kier alpha value is -1.59. The van der Waals surface area contributed by atoms with Crippen LogP contribution in [-0.4, -0.2) is 17.1 Å². The van der Waals surface area contributed by atoms with E-state index in [0.29, 0.717) is 0 Å². The second kappa shape index (κ2) is 6.45. The van der Waals surface area contributed by atoms with Gasteiger partial charge in [0.15, 0.2) is 0 Å². The summed E-state index contributed by atoms with van der Waals surface area (Å²) in [6.07, 6.45) is 1.62. The van der Waals surface area contributed by atoms with Gasteiger partial charge in [-0.1, -0.05) is 34.1 Å². The quantitative estimate of drug-likeness (QED) is 0.499. The Morgan fingerprint density at radius 1 is 1.14 bits per heavy atom. The van der Waals surface area contributed by atoms with Crippen LogP contribution in [-0.2, 0) is 5.75 Å². The Morgan fingerprint density at radius 2 is 2.00 bits per heavy atom. The lowest BCUT2D eigenvalue weighted by Gasteiger charge is -2.08. The first-order valence-corrected chi connectivity index (χ1v) is 8.21. The average molecular weight is 361 g/mol. The number of rotatable bonds is 4. The lowest BCUT2D eigenvalue weighted by Crippen LogP contribution is -1.90. The van der Waals surface area contributed by atoms with Crippen LogP contribution in [0, 0.1) is 0 Å². The highest BCUT2D eigenvalue weighted by atomic mass is 79.9. The van der Waals surface area contributed by atoms with Gasteiger partial charge in [0.05, 0.1) is 12.6 Å². The summed E-state index contributed by atoms with van der Waals surface area (Å²) in [6, 6.07) is 14.0. The molecule has 0 N–H and O–H groups in total. The highest BCUT2D eigenvalue weighted by molar-refractivity contribution is 9.10. The maximum Gasteiger partial charge on any atom is 0.119 e. The summed E-state index contributed by atoms with van der Waals surface area (Å²) < 4.78 is 6.35. The number of fused-ring (bicyclic) bond motifs is 1. The maximum atomic E-state index is 5.28. The first kappa shape index (κ1) is 14.4. The number of benzene rings is 2. The van der Waals surface area contributed by atoms with Crippen molar-refractivity contribution < 1.29 is 4.74 Å². The van der Waals surface area contributed by atoms with Crippen LogP contribution in [0.3, 0.4) is 0 Å². The zero-order chi connectivity index (χ0) is 14.7. The smallest absolute Gasteiger partial charge is 0.119 e. The Labute approximate surface area is 135 Å². The van der Waals surface area contributed by atoms with Crippen molar-refractivity contribution in [3.8, 4) is 5.75 Å². The molecule has 0 saturated heterocycles. The lowest BCUT2D eigenvalue weighted by molar-refractivity contribution is 0.414. The number of hydrogen-bond donors (Lipinski definition) is 0. The van der Waals surface area contributed by atoms with E-state index in [1.54, 1.807) is 25.2 Å². The van der Waals surface area contributed by atoms with Gasteiger partial charge < -0.3 is 4.74 Å². The van der Waals surface area contributed by atoms with Crippen molar-refractivity contribution in [1.82, 2.24) is 9.97 Å². The number of para-hydroxylation sites is 1. The van der Waals surface area contributed by atoms with E-state index in [4.69, 9.17) is 4.74 Å². The van der Waals surface area contributed by atoms with E-state index in [1.165, 1.54) is 5.56 Å². The fourth-order valence-electron chi connectivity index (χ4n) is 2.03. The van der Waals surface area contributed by atoms with Crippen molar-refractivity contribution in [2.75, 3.05) is 7.11 Å². The maximum absolute atomic E-state index is 5.28. The Morgan fingerprint density at radius 3 is 2.86 bits per heavy atom. The van der Waals surface area contributed by atoms with Crippen molar-refractivity contribution in [3.63, 3.8) is 0 Å². The van der Waals surface area contributed by atoms with Crippen molar-refractivity contribution in [3.05, 3.63) is 58.8 Å². The van der Waals surface area contributed by atoms with Gasteiger partial charge in [0.1, 0.15) is 17.1 Å². The average Bonchev–Trinajstić information content (AvgIpc) is 2.54. The molecule has 1 heterocycles. The van der Waals surface area contributed by atoms with E-state index in [-0.39, 0.29) is 0 Å². The van der Waals surface area contributed by atoms with Gasteiger partial charge in [-0.3, -0.25) is 0 Å². The zero-order valence-electron chi connectivity index (χ0n) is 11.4. The van der Waals surface area contributed by atoms with Gasteiger partial charge >= 0.3 is 0 Å². The van der Waals surface area contributed by atoms with E-state index in [2.05, 4.69) is 32.0 Å². The number of halogens is 1. The molecule has 0 saturated carbocycles. The molecule has 0 fully saturated rings. The summed E-state index contributed by atoms with van der Waals surface area (Å²) >= 11 is 5.28. The van der Waals surface area contributed by atoms with Gasteiger partial charge in [-0.2, -0.15) is 0 Å². The van der Waals surface area contributed by atoms with Crippen molar-refractivity contribution in [2.24, 2.45) is 0 Å². The standard InChI is InChI=1S/C16H13BrN2OS/c1-20-12-6-7-14(17)11(8-12)9-21-16-13-4-2-3-5-15(13)18-10-19-16/h2-8,10H,9H2,1H3. The van der Waals surface area contributed by atoms with Crippen molar-refractivity contribution in [2.45, 2.75) is 10.8 Å². The van der Waals surface area contributed by atoms with Crippen LogP contribution in [0.2, 0.25) is 0 Å². The molecule has 0 aliphatic carbocycles. The van der Waals surface area contributed by atoms with Crippen LogP contribution in [0.5, 0.6) is 5.75 Å². The predicted molar refractivity (Wildman–Crippen MR) is 89.8 cm³/mol. The summed E-state index contributed by atoms with van der Waals surface area (Å²) in [7, 11) is 1.68. The molecule has 3 nitrogen and oxygen atoms in total. The Kier molecular flexibility index (Phi) is 4.41. The van der Waals surface area contributed by atoms with Gasteiger partial charge in [-0.15, -0.1) is 11.8 Å². The number of thioether (sulfide) groups is 1. The van der Waals surface area contributed by atoms with Crippen LogP contribution in [0.4, 0.5) is 0 Å². The molecule has 0 amide bonds. The van der Waals surface area contributed by atoms with Crippen LogP contribution in [0.25, 0.3) is 10.9 Å². The largest absolute Gasteiger partial charge is 0.497 e. The van der Waals surface area contributed by atoms with Gasteiger partial charge in [0.25, 0.3) is 0 Å². The second-order valence-electron chi connectivity index (χ2n) is 4.44. The highest BCUT2D eigenvalue weighted by Gasteiger charge is 2.07. The van der Waals surface area contributed by atoms with Gasteiger partial charge in [0.2, 0.25) is 0 Å². The lowest BCUT2D eigenvalue weighted by atomic mass is 10.2. The summed E-state index contributed by atoms with van der Waals surface area (Å²) in [5.41, 5.74) is 2.15. The molecule has 0 spiro atoms. The van der Waals surface area contributed by atoms with Crippen LogP contribution >= 0.6 is 27.7 Å². The monoisotopic (exact) mass is 360 g/mol. The molecule has 0 aliphatic heterocycles. The first-order valence-electron chi connectivity index (χ1n) is 6.43. The molecular formula is C16H13BrN2OS. The van der Waals surface area contributed by atoms with Crippen LogP contribution in [0.15, 0.2) is 58.3 Å². The topological polar surface area (TPSA) is 35.0 Å². The third kappa shape index (κ3) is 3.19. The van der Waals surface area contributed by atoms with E-state index < -0.39 is 0 Å². The number of aromatic nitrogens is 2. The second-order valence-corrected chi connectivity index (χ2v) is 6.26. The van der Waals surface area contributed by atoms with E-state index in [0.717, 1.165) is 31.9 Å². The molecule has 2 aromatic carbocycles. The molecule has 0 bridgehead atoms. The third-order valence-corrected chi connectivity index (χ3v) is 4.95. The molecule has 0 radical (unpaired) electrons. The molecule has 0 aliphatic rings. The predicted octanol–water partition coefficient (Wildman–Crippen LogP) is 4.69. The van der Waals surface area contributed by atoms with Crippen molar-refractivity contribution in [1.29, 1.82) is 0 Å². The molecule has 5 heteroatoms. The molecule has 1 aromatic heterocycles. The highest BCUT2D eigenvalue weighted by Crippen LogP contribution is 2.31. The Bertz CT molecular complexity index is 774.